The number of hydrogen-bond acceptors (Lipinski definition) is 4. The molecule has 1 fully saturated rings. The summed E-state index contributed by atoms with van der Waals surface area (Å²) < 4.78 is 0.985. The molecule has 0 unspecified atom stereocenters. The Hall–Kier alpha value is -2.18. The van der Waals surface area contributed by atoms with Crippen molar-refractivity contribution in [1.29, 1.82) is 0 Å². The molecule has 3 heterocycles. The van der Waals surface area contributed by atoms with E-state index in [0.29, 0.717) is 36.0 Å². The van der Waals surface area contributed by atoms with Crippen molar-refractivity contribution in [3.63, 3.8) is 0 Å². The Balaban J connectivity index is 1.70. The fraction of sp³-hybridized carbons (Fsp3) is 0.316. The summed E-state index contributed by atoms with van der Waals surface area (Å²) in [5.74, 6) is -0.434. The lowest BCUT2D eigenvalue weighted by Gasteiger charge is -2.30. The van der Waals surface area contributed by atoms with Crippen LogP contribution in [0.4, 0.5) is 0 Å². The molecule has 3 aromatic rings. The Labute approximate surface area is 159 Å². The van der Waals surface area contributed by atoms with Gasteiger partial charge in [0.05, 0.1) is 10.4 Å². The highest BCUT2D eigenvalue weighted by Gasteiger charge is 2.27. The number of carbonyl (C=O) groups is 2. The maximum absolute atomic E-state index is 12.9. The minimum Gasteiger partial charge on any atom is -0.369 e. The molecule has 2 aromatic heterocycles. The Bertz CT molecular complexity index is 1040. The monoisotopic (exact) mass is 387 g/mol. The molecule has 7 heteroatoms. The molecule has 1 aliphatic rings. The van der Waals surface area contributed by atoms with E-state index in [1.54, 1.807) is 4.90 Å². The summed E-state index contributed by atoms with van der Waals surface area (Å²) in [6.45, 7) is 3.13. The first-order valence-electron chi connectivity index (χ1n) is 8.52. The van der Waals surface area contributed by atoms with Gasteiger partial charge in [0, 0.05) is 34.5 Å². The van der Waals surface area contributed by atoms with Gasteiger partial charge < -0.3 is 10.6 Å². The lowest BCUT2D eigenvalue weighted by atomic mass is 9.96. The highest BCUT2D eigenvalue weighted by Crippen LogP contribution is 2.37. The van der Waals surface area contributed by atoms with E-state index >= 15 is 0 Å². The smallest absolute Gasteiger partial charge is 0.263 e. The van der Waals surface area contributed by atoms with E-state index in [-0.39, 0.29) is 17.7 Å². The summed E-state index contributed by atoms with van der Waals surface area (Å²) in [5, 5.41) is 2.24. The lowest BCUT2D eigenvalue weighted by Crippen LogP contribution is -2.41. The predicted molar refractivity (Wildman–Crippen MR) is 105 cm³/mol. The van der Waals surface area contributed by atoms with Crippen molar-refractivity contribution in [3.8, 4) is 0 Å². The molecular formula is C19H18ClN3O2S. The molecule has 5 nitrogen and oxygen atoms in total. The molecule has 0 saturated carbocycles. The predicted octanol–water partition coefficient (Wildman–Crippen LogP) is 3.75. The van der Waals surface area contributed by atoms with Crippen LogP contribution >= 0.6 is 22.9 Å². The first-order valence-corrected chi connectivity index (χ1v) is 9.71. The summed E-state index contributed by atoms with van der Waals surface area (Å²) in [5.41, 5.74) is 7.34. The van der Waals surface area contributed by atoms with E-state index in [9.17, 15) is 9.59 Å². The minimum atomic E-state index is -0.279. The molecule has 1 aliphatic heterocycles. The SMILES string of the molecule is Cc1ccc2nc(Cl)c3cc(C(=O)N4CCC(C(N)=O)CC4)sc3c2c1. The molecule has 0 bridgehead atoms. The Kier molecular flexibility index (Phi) is 4.32. The molecule has 26 heavy (non-hydrogen) atoms. The van der Waals surface area contributed by atoms with Crippen molar-refractivity contribution in [3.05, 3.63) is 39.9 Å². The average Bonchev–Trinajstić information content (AvgIpc) is 3.08. The van der Waals surface area contributed by atoms with Crippen LogP contribution in [0.25, 0.3) is 21.0 Å². The third-order valence-corrected chi connectivity index (χ3v) is 6.41. The van der Waals surface area contributed by atoms with Crippen molar-refractivity contribution in [2.24, 2.45) is 11.7 Å². The molecule has 2 N–H and O–H groups in total. The first kappa shape index (κ1) is 17.2. The fourth-order valence-electron chi connectivity index (χ4n) is 3.47. The molecule has 134 valence electrons. The van der Waals surface area contributed by atoms with Crippen LogP contribution in [-0.2, 0) is 4.79 Å². The zero-order chi connectivity index (χ0) is 18.4. The fourth-order valence-corrected chi connectivity index (χ4v) is 4.92. The van der Waals surface area contributed by atoms with Gasteiger partial charge in [-0.15, -0.1) is 11.3 Å². The van der Waals surface area contributed by atoms with Crippen LogP contribution < -0.4 is 5.73 Å². The first-order chi connectivity index (χ1) is 12.4. The topological polar surface area (TPSA) is 76.3 Å². The van der Waals surface area contributed by atoms with E-state index in [2.05, 4.69) is 11.1 Å². The zero-order valence-corrected chi connectivity index (χ0v) is 15.9. The average molecular weight is 388 g/mol. The number of fused-ring (bicyclic) bond motifs is 3. The van der Waals surface area contributed by atoms with Gasteiger partial charge in [0.1, 0.15) is 5.15 Å². The molecule has 0 aliphatic carbocycles. The Morgan fingerprint density at radius 1 is 1.23 bits per heavy atom. The molecule has 0 spiro atoms. The summed E-state index contributed by atoms with van der Waals surface area (Å²) in [6.07, 6.45) is 1.24. The lowest BCUT2D eigenvalue weighted by molar-refractivity contribution is -0.123. The number of aryl methyl sites for hydroxylation is 1. The highest BCUT2D eigenvalue weighted by molar-refractivity contribution is 7.21. The van der Waals surface area contributed by atoms with Gasteiger partial charge in [0.2, 0.25) is 5.91 Å². The molecule has 0 radical (unpaired) electrons. The van der Waals surface area contributed by atoms with E-state index < -0.39 is 0 Å². The van der Waals surface area contributed by atoms with Crippen LogP contribution in [0.1, 0.15) is 28.1 Å². The van der Waals surface area contributed by atoms with Crippen LogP contribution in [0.3, 0.4) is 0 Å². The van der Waals surface area contributed by atoms with Gasteiger partial charge in [0.15, 0.2) is 0 Å². The van der Waals surface area contributed by atoms with E-state index in [4.69, 9.17) is 17.3 Å². The van der Waals surface area contributed by atoms with Gasteiger partial charge in [-0.1, -0.05) is 23.2 Å². The maximum atomic E-state index is 12.9. The van der Waals surface area contributed by atoms with E-state index in [1.807, 2.05) is 25.1 Å². The van der Waals surface area contributed by atoms with Crippen molar-refractivity contribution in [1.82, 2.24) is 9.88 Å². The van der Waals surface area contributed by atoms with Crippen molar-refractivity contribution < 1.29 is 9.59 Å². The van der Waals surface area contributed by atoms with Crippen LogP contribution in [-0.4, -0.2) is 34.8 Å². The number of nitrogens with two attached hydrogens (primary N) is 1. The van der Waals surface area contributed by atoms with Gasteiger partial charge in [0.25, 0.3) is 5.91 Å². The van der Waals surface area contributed by atoms with Gasteiger partial charge in [-0.25, -0.2) is 4.98 Å². The summed E-state index contributed by atoms with van der Waals surface area (Å²) in [4.78, 5) is 31.1. The second-order valence-corrected chi connectivity index (χ2v) is 8.16. The number of pyridine rings is 1. The van der Waals surface area contributed by atoms with Gasteiger partial charge in [-0.2, -0.15) is 0 Å². The summed E-state index contributed by atoms with van der Waals surface area (Å²) >= 11 is 7.80. The van der Waals surface area contributed by atoms with Crippen molar-refractivity contribution in [2.45, 2.75) is 19.8 Å². The number of primary amides is 1. The van der Waals surface area contributed by atoms with Crippen LogP contribution in [0.15, 0.2) is 24.3 Å². The molecule has 2 amide bonds. The second kappa shape index (κ2) is 6.52. The third-order valence-electron chi connectivity index (χ3n) is 4.96. The number of piperidine rings is 1. The second-order valence-electron chi connectivity index (χ2n) is 6.75. The quantitative estimate of drug-likeness (QED) is 0.680. The number of amides is 2. The largest absolute Gasteiger partial charge is 0.369 e. The van der Waals surface area contributed by atoms with Crippen molar-refractivity contribution in [2.75, 3.05) is 13.1 Å². The normalized spacial score (nSPS) is 15.7. The zero-order valence-electron chi connectivity index (χ0n) is 14.3. The molecule has 0 atom stereocenters. The van der Waals surface area contributed by atoms with Crippen LogP contribution in [0.2, 0.25) is 5.15 Å². The Morgan fingerprint density at radius 2 is 1.96 bits per heavy atom. The van der Waals surface area contributed by atoms with E-state index in [1.165, 1.54) is 11.3 Å². The minimum absolute atomic E-state index is 0.0222. The number of benzene rings is 1. The highest BCUT2D eigenvalue weighted by atomic mass is 35.5. The molecular weight excluding hydrogens is 370 g/mol. The van der Waals surface area contributed by atoms with E-state index in [0.717, 1.165) is 26.6 Å². The van der Waals surface area contributed by atoms with Crippen molar-refractivity contribution >= 4 is 55.7 Å². The summed E-state index contributed by atoms with van der Waals surface area (Å²) in [6, 6.07) is 7.86. The number of likely N-dealkylation sites (tertiary alicyclic amines) is 1. The number of carbonyl (C=O) groups excluding carboxylic acids is 2. The van der Waals surface area contributed by atoms with Gasteiger partial charge in [-0.05, 0) is 38.0 Å². The molecule has 1 saturated heterocycles. The molecule has 4 rings (SSSR count). The standard InChI is InChI=1S/C19H18ClN3O2S/c1-10-2-3-14-12(8-10)16-13(17(20)22-14)9-15(26-16)19(25)23-6-4-11(5-7-23)18(21)24/h2-3,8-9,11H,4-7H2,1H3,(H2,21,24). The number of thiophene rings is 1. The van der Waals surface area contributed by atoms with Gasteiger partial charge in [-0.3, -0.25) is 9.59 Å². The number of aromatic nitrogens is 1. The Morgan fingerprint density at radius 3 is 2.65 bits per heavy atom. The number of halogens is 1. The number of nitrogens with zero attached hydrogens (tertiary/aromatic N) is 2. The molecule has 1 aromatic carbocycles. The van der Waals surface area contributed by atoms with Gasteiger partial charge >= 0.3 is 0 Å². The van der Waals surface area contributed by atoms with Crippen LogP contribution in [0.5, 0.6) is 0 Å². The third kappa shape index (κ3) is 2.93. The number of rotatable bonds is 2. The van der Waals surface area contributed by atoms with Crippen LogP contribution in [0, 0.1) is 12.8 Å². The summed E-state index contributed by atoms with van der Waals surface area (Å²) in [7, 11) is 0. The number of hydrogen-bond donors (Lipinski definition) is 1. The maximum Gasteiger partial charge on any atom is 0.263 e.